The molecule has 2 heterocycles. The van der Waals surface area contributed by atoms with Gasteiger partial charge in [-0.25, -0.2) is 4.79 Å². The highest BCUT2D eigenvalue weighted by molar-refractivity contribution is 8.26. The number of likely N-dealkylation sites (tertiary alicyclic amines) is 1. The second-order valence-corrected chi connectivity index (χ2v) is 8.68. The van der Waals surface area contributed by atoms with Crippen LogP contribution in [0.15, 0.2) is 29.2 Å². The summed E-state index contributed by atoms with van der Waals surface area (Å²) in [6.07, 6.45) is 3.84. The number of nitrogens with zero attached hydrogens (tertiary/aromatic N) is 2. The molecule has 1 unspecified atom stereocenters. The molecule has 28 heavy (non-hydrogen) atoms. The number of hydrogen-bond donors (Lipinski definition) is 1. The third-order valence-electron chi connectivity index (χ3n) is 4.70. The Hall–Kier alpha value is -1.90. The van der Waals surface area contributed by atoms with E-state index in [1.807, 2.05) is 0 Å². The summed E-state index contributed by atoms with van der Waals surface area (Å²) in [5, 5.41) is 9.93. The summed E-state index contributed by atoms with van der Waals surface area (Å²) in [5.41, 5.74) is 0.832. The van der Waals surface area contributed by atoms with Crippen molar-refractivity contribution >= 4 is 63.8 Å². The van der Waals surface area contributed by atoms with E-state index in [9.17, 15) is 19.5 Å². The number of thioether (sulfide) groups is 1. The van der Waals surface area contributed by atoms with Crippen LogP contribution in [0.25, 0.3) is 6.08 Å². The molecule has 0 saturated carbocycles. The number of rotatable bonds is 5. The van der Waals surface area contributed by atoms with Crippen molar-refractivity contribution in [2.75, 3.05) is 13.1 Å². The highest BCUT2D eigenvalue weighted by Crippen LogP contribution is 2.33. The minimum atomic E-state index is -0.982. The van der Waals surface area contributed by atoms with E-state index in [-0.39, 0.29) is 24.8 Å². The van der Waals surface area contributed by atoms with Crippen LogP contribution in [0.3, 0.4) is 0 Å². The normalized spacial score (nSPS) is 21.5. The predicted molar refractivity (Wildman–Crippen MR) is 113 cm³/mol. The standard InChI is InChI=1S/C19H19ClN2O4S2/c20-13-6-4-12(5-7-13)11-15-17(24)22(19(27)28-15)10-8-16(23)21-9-2-1-3-14(21)18(25)26/h4-7,11,14H,1-3,8-10H2,(H,25,26). The fourth-order valence-corrected chi connectivity index (χ4v) is 4.68. The molecule has 2 aliphatic rings. The fourth-order valence-electron chi connectivity index (χ4n) is 3.24. The molecule has 2 amide bonds. The lowest BCUT2D eigenvalue weighted by atomic mass is 10.0. The molecular weight excluding hydrogens is 420 g/mol. The Morgan fingerprint density at radius 1 is 1.29 bits per heavy atom. The highest BCUT2D eigenvalue weighted by atomic mass is 35.5. The first-order valence-corrected chi connectivity index (χ1v) is 10.5. The number of aliphatic carboxylic acids is 1. The number of amides is 2. The first-order chi connectivity index (χ1) is 13.4. The molecule has 0 aliphatic carbocycles. The van der Waals surface area contributed by atoms with E-state index in [1.54, 1.807) is 30.3 Å². The van der Waals surface area contributed by atoms with Gasteiger partial charge in [-0.05, 0) is 43.0 Å². The van der Waals surface area contributed by atoms with Gasteiger partial charge in [-0.2, -0.15) is 0 Å². The quantitative estimate of drug-likeness (QED) is 0.560. The van der Waals surface area contributed by atoms with Crippen molar-refractivity contribution in [3.8, 4) is 0 Å². The minimum Gasteiger partial charge on any atom is -0.480 e. The highest BCUT2D eigenvalue weighted by Gasteiger charge is 2.35. The van der Waals surface area contributed by atoms with E-state index in [2.05, 4.69) is 0 Å². The van der Waals surface area contributed by atoms with Crippen LogP contribution < -0.4 is 0 Å². The maximum atomic E-state index is 12.7. The molecule has 1 aromatic rings. The fraction of sp³-hybridized carbons (Fsp3) is 0.368. The van der Waals surface area contributed by atoms with Gasteiger partial charge in [0.25, 0.3) is 5.91 Å². The van der Waals surface area contributed by atoms with Gasteiger partial charge < -0.3 is 10.0 Å². The van der Waals surface area contributed by atoms with E-state index in [4.69, 9.17) is 23.8 Å². The average Bonchev–Trinajstić information content (AvgIpc) is 2.94. The van der Waals surface area contributed by atoms with Crippen molar-refractivity contribution in [3.05, 3.63) is 39.8 Å². The Morgan fingerprint density at radius 2 is 2.00 bits per heavy atom. The lowest BCUT2D eigenvalue weighted by Gasteiger charge is -2.33. The number of halogens is 1. The van der Waals surface area contributed by atoms with Gasteiger partial charge in [-0.3, -0.25) is 14.5 Å². The van der Waals surface area contributed by atoms with E-state index < -0.39 is 12.0 Å². The Kier molecular flexibility index (Phi) is 6.74. The molecule has 2 fully saturated rings. The van der Waals surface area contributed by atoms with Crippen molar-refractivity contribution in [1.29, 1.82) is 0 Å². The summed E-state index contributed by atoms with van der Waals surface area (Å²) in [7, 11) is 0. The van der Waals surface area contributed by atoms with E-state index in [1.165, 1.54) is 21.6 Å². The Balaban J connectivity index is 1.63. The van der Waals surface area contributed by atoms with Crippen molar-refractivity contribution < 1.29 is 19.5 Å². The molecular formula is C19H19ClN2O4S2. The molecule has 3 rings (SSSR count). The summed E-state index contributed by atoms with van der Waals surface area (Å²) in [6.45, 7) is 0.578. The van der Waals surface area contributed by atoms with Crippen LogP contribution in [0.5, 0.6) is 0 Å². The van der Waals surface area contributed by atoms with Crippen LogP contribution in [0.1, 0.15) is 31.2 Å². The van der Waals surface area contributed by atoms with Gasteiger partial charge in [0.2, 0.25) is 5.91 Å². The first kappa shape index (κ1) is 20.8. The SMILES string of the molecule is O=C(O)C1CCCCN1C(=O)CCN1C(=O)C(=Cc2ccc(Cl)cc2)SC1=S. The van der Waals surface area contributed by atoms with Crippen molar-refractivity contribution in [1.82, 2.24) is 9.80 Å². The zero-order chi connectivity index (χ0) is 20.3. The molecule has 9 heteroatoms. The number of thiocarbonyl (C=S) groups is 1. The molecule has 1 N–H and O–H groups in total. The zero-order valence-electron chi connectivity index (χ0n) is 15.0. The van der Waals surface area contributed by atoms with E-state index in [0.29, 0.717) is 27.2 Å². The number of carboxylic acids is 1. The zero-order valence-corrected chi connectivity index (χ0v) is 17.4. The van der Waals surface area contributed by atoms with Crippen LogP contribution in [0, 0.1) is 0 Å². The van der Waals surface area contributed by atoms with Crippen molar-refractivity contribution in [2.45, 2.75) is 31.7 Å². The number of carbonyl (C=O) groups is 3. The summed E-state index contributed by atoms with van der Waals surface area (Å²) in [5.74, 6) is -1.49. The number of benzene rings is 1. The van der Waals surface area contributed by atoms with Gasteiger partial charge in [0, 0.05) is 24.5 Å². The van der Waals surface area contributed by atoms with Gasteiger partial charge in [-0.15, -0.1) is 0 Å². The molecule has 2 aliphatic heterocycles. The monoisotopic (exact) mass is 438 g/mol. The number of hydrogen-bond acceptors (Lipinski definition) is 5. The second-order valence-electron chi connectivity index (χ2n) is 6.57. The first-order valence-electron chi connectivity index (χ1n) is 8.90. The molecule has 1 atom stereocenters. The summed E-state index contributed by atoms with van der Waals surface area (Å²) < 4.78 is 0.395. The van der Waals surface area contributed by atoms with E-state index in [0.717, 1.165) is 18.4 Å². The number of carboxylic acid groups (broad SMARTS) is 1. The van der Waals surface area contributed by atoms with Gasteiger partial charge in [0.05, 0.1) is 4.91 Å². The third kappa shape index (κ3) is 4.74. The van der Waals surface area contributed by atoms with E-state index >= 15 is 0 Å². The van der Waals surface area contributed by atoms with Gasteiger partial charge >= 0.3 is 5.97 Å². The van der Waals surface area contributed by atoms with Crippen LogP contribution in [-0.4, -0.2) is 56.1 Å². The molecule has 0 aromatic heterocycles. The molecule has 1 aromatic carbocycles. The Morgan fingerprint density at radius 3 is 2.68 bits per heavy atom. The minimum absolute atomic E-state index is 0.0461. The van der Waals surface area contributed by atoms with Gasteiger partial charge in [-0.1, -0.05) is 47.7 Å². The van der Waals surface area contributed by atoms with Crippen molar-refractivity contribution in [3.63, 3.8) is 0 Å². The number of carbonyl (C=O) groups excluding carboxylic acids is 2. The predicted octanol–water partition coefficient (Wildman–Crippen LogP) is 3.40. The molecule has 0 bridgehead atoms. The molecule has 6 nitrogen and oxygen atoms in total. The maximum absolute atomic E-state index is 12.7. The smallest absolute Gasteiger partial charge is 0.326 e. The average molecular weight is 439 g/mol. The van der Waals surface area contributed by atoms with Crippen molar-refractivity contribution in [2.24, 2.45) is 0 Å². The summed E-state index contributed by atoms with van der Waals surface area (Å²) >= 11 is 12.4. The van der Waals surface area contributed by atoms with Gasteiger partial charge in [0.1, 0.15) is 10.4 Å². The van der Waals surface area contributed by atoms with Crippen LogP contribution in [0.2, 0.25) is 5.02 Å². The summed E-state index contributed by atoms with van der Waals surface area (Å²) in [4.78, 5) is 39.9. The number of piperidine rings is 1. The second kappa shape index (κ2) is 9.07. The maximum Gasteiger partial charge on any atom is 0.326 e. The summed E-state index contributed by atoms with van der Waals surface area (Å²) in [6, 6.07) is 6.31. The lowest BCUT2D eigenvalue weighted by molar-refractivity contribution is -0.152. The Labute approximate surface area is 177 Å². The lowest BCUT2D eigenvalue weighted by Crippen LogP contribution is -2.48. The van der Waals surface area contributed by atoms with Gasteiger partial charge in [0.15, 0.2) is 0 Å². The topological polar surface area (TPSA) is 77.9 Å². The Bertz CT molecular complexity index is 841. The molecule has 0 radical (unpaired) electrons. The van der Waals surface area contributed by atoms with Crippen LogP contribution >= 0.6 is 35.6 Å². The molecule has 2 saturated heterocycles. The van der Waals surface area contributed by atoms with Crippen LogP contribution in [-0.2, 0) is 14.4 Å². The molecule has 0 spiro atoms. The third-order valence-corrected chi connectivity index (χ3v) is 6.33. The largest absolute Gasteiger partial charge is 0.480 e. The van der Waals surface area contributed by atoms with Crippen LogP contribution in [0.4, 0.5) is 0 Å². The molecule has 148 valence electrons.